The van der Waals surface area contributed by atoms with Crippen LogP contribution in [0.1, 0.15) is 20.3 Å². The number of hydrogen-bond acceptors (Lipinski definition) is 6. The van der Waals surface area contributed by atoms with Crippen molar-refractivity contribution in [2.24, 2.45) is 0 Å². The van der Waals surface area contributed by atoms with E-state index in [4.69, 9.17) is 5.11 Å². The first-order chi connectivity index (χ1) is 8.63. The molecule has 0 aliphatic carbocycles. The molecular weight excluding hydrogens is 270 g/mol. The van der Waals surface area contributed by atoms with E-state index in [0.717, 1.165) is 0 Å². The van der Waals surface area contributed by atoms with Crippen LogP contribution in [0.4, 0.5) is 8.78 Å². The van der Waals surface area contributed by atoms with Gasteiger partial charge >= 0.3 is 23.8 Å². The maximum absolute atomic E-state index is 13.6. The van der Waals surface area contributed by atoms with Crippen LogP contribution in [0.2, 0.25) is 0 Å². The summed E-state index contributed by atoms with van der Waals surface area (Å²) >= 11 is 0. The third-order valence-electron chi connectivity index (χ3n) is 2.11. The Bertz CT molecular complexity index is 369. The van der Waals surface area contributed by atoms with Gasteiger partial charge in [-0.3, -0.25) is 4.79 Å². The molecule has 110 valence electrons. The molecule has 0 rings (SSSR count). The molecule has 0 amide bonds. The van der Waals surface area contributed by atoms with E-state index in [1.165, 1.54) is 13.8 Å². The average Bonchev–Trinajstić information content (AvgIpc) is 2.28. The molecule has 1 atom stereocenters. The van der Waals surface area contributed by atoms with Gasteiger partial charge in [0.2, 0.25) is 5.60 Å². The monoisotopic (exact) mass is 284 g/mol. The number of rotatable bonds is 7. The first-order valence-corrected chi connectivity index (χ1v) is 5.29. The van der Waals surface area contributed by atoms with Crippen LogP contribution in [0.5, 0.6) is 0 Å². The van der Waals surface area contributed by atoms with Gasteiger partial charge in [-0.15, -0.1) is 0 Å². The van der Waals surface area contributed by atoms with E-state index in [-0.39, 0.29) is 6.61 Å². The van der Waals surface area contributed by atoms with E-state index < -0.39 is 42.5 Å². The standard InChI is InChI=1S/C10H14F2O7/c1-3-18-6(13)5-9(17,7(14)15)10(11,12)8(16)19-4-2/h17H,3-5H2,1-2H3,(H,14,15). The minimum absolute atomic E-state index is 0.195. The van der Waals surface area contributed by atoms with Crippen molar-refractivity contribution in [3.05, 3.63) is 0 Å². The number of alkyl halides is 2. The summed E-state index contributed by atoms with van der Waals surface area (Å²) in [7, 11) is 0. The van der Waals surface area contributed by atoms with Gasteiger partial charge < -0.3 is 19.7 Å². The van der Waals surface area contributed by atoms with Gasteiger partial charge in [-0.1, -0.05) is 0 Å². The van der Waals surface area contributed by atoms with Crippen molar-refractivity contribution in [3.8, 4) is 0 Å². The molecule has 7 nitrogen and oxygen atoms in total. The Kier molecular flexibility index (Phi) is 5.81. The van der Waals surface area contributed by atoms with Crippen LogP contribution >= 0.6 is 0 Å². The Labute approximate surface area is 107 Å². The lowest BCUT2D eigenvalue weighted by Gasteiger charge is -2.29. The molecule has 0 aliphatic heterocycles. The minimum Gasteiger partial charge on any atom is -0.479 e. The lowest BCUT2D eigenvalue weighted by atomic mass is 9.91. The molecule has 1 unspecified atom stereocenters. The molecule has 19 heavy (non-hydrogen) atoms. The molecule has 9 heteroatoms. The number of carboxylic acid groups (broad SMARTS) is 1. The van der Waals surface area contributed by atoms with Crippen LogP contribution in [-0.2, 0) is 23.9 Å². The SMILES string of the molecule is CCOC(=O)CC(O)(C(=O)O)C(F)(F)C(=O)OCC. The van der Waals surface area contributed by atoms with Crippen molar-refractivity contribution in [3.63, 3.8) is 0 Å². The highest BCUT2D eigenvalue weighted by Gasteiger charge is 2.66. The molecule has 0 spiro atoms. The largest absolute Gasteiger partial charge is 0.479 e. The summed E-state index contributed by atoms with van der Waals surface area (Å²) < 4.78 is 35.4. The molecule has 0 radical (unpaired) electrons. The smallest absolute Gasteiger partial charge is 0.382 e. The van der Waals surface area contributed by atoms with E-state index in [1.807, 2.05) is 0 Å². The number of halogens is 2. The Morgan fingerprint density at radius 2 is 1.58 bits per heavy atom. The quantitative estimate of drug-likeness (QED) is 0.631. The van der Waals surface area contributed by atoms with E-state index in [2.05, 4.69) is 9.47 Å². The molecule has 0 saturated heterocycles. The normalized spacial score (nSPS) is 14.4. The maximum atomic E-state index is 13.6. The second kappa shape index (κ2) is 6.41. The number of esters is 2. The van der Waals surface area contributed by atoms with Crippen molar-refractivity contribution in [2.45, 2.75) is 31.8 Å². The number of carbonyl (C=O) groups is 3. The molecule has 0 heterocycles. The van der Waals surface area contributed by atoms with Gasteiger partial charge in [0.15, 0.2) is 0 Å². The molecule has 2 N–H and O–H groups in total. The fourth-order valence-corrected chi connectivity index (χ4v) is 1.13. The fraction of sp³-hybridized carbons (Fsp3) is 0.700. The van der Waals surface area contributed by atoms with E-state index in [0.29, 0.717) is 0 Å². The maximum Gasteiger partial charge on any atom is 0.382 e. The summed E-state index contributed by atoms with van der Waals surface area (Å²) in [6.45, 7) is 1.95. The van der Waals surface area contributed by atoms with Crippen LogP contribution in [-0.4, -0.2) is 52.9 Å². The van der Waals surface area contributed by atoms with Crippen LogP contribution < -0.4 is 0 Å². The van der Waals surface area contributed by atoms with Crippen molar-refractivity contribution in [1.82, 2.24) is 0 Å². The molecule has 0 aromatic heterocycles. The summed E-state index contributed by atoms with van der Waals surface area (Å²) in [6, 6.07) is 0. The number of carbonyl (C=O) groups excluding carboxylic acids is 2. The van der Waals surface area contributed by atoms with Crippen LogP contribution in [0.3, 0.4) is 0 Å². The molecular formula is C10H14F2O7. The number of hydrogen-bond donors (Lipinski definition) is 2. The first kappa shape index (κ1) is 17.2. The predicted octanol–water partition coefficient (Wildman–Crippen LogP) is -0.0463. The number of aliphatic carboxylic acids is 1. The van der Waals surface area contributed by atoms with Gasteiger partial charge in [0, 0.05) is 0 Å². The topological polar surface area (TPSA) is 110 Å². The second-order valence-corrected chi connectivity index (χ2v) is 3.44. The lowest BCUT2D eigenvalue weighted by molar-refractivity contribution is -0.225. The Hall–Kier alpha value is -1.77. The summed E-state index contributed by atoms with van der Waals surface area (Å²) in [5.74, 6) is -10.8. The Morgan fingerprint density at radius 1 is 1.11 bits per heavy atom. The molecule has 0 fully saturated rings. The van der Waals surface area contributed by atoms with Crippen LogP contribution in [0.15, 0.2) is 0 Å². The summed E-state index contributed by atoms with van der Waals surface area (Å²) in [6.07, 6.45) is -1.58. The van der Waals surface area contributed by atoms with Crippen molar-refractivity contribution >= 4 is 17.9 Å². The van der Waals surface area contributed by atoms with Crippen LogP contribution in [0, 0.1) is 0 Å². The highest BCUT2D eigenvalue weighted by atomic mass is 19.3. The average molecular weight is 284 g/mol. The Balaban J connectivity index is 5.33. The van der Waals surface area contributed by atoms with Gasteiger partial charge in [-0.05, 0) is 13.8 Å². The zero-order chi connectivity index (χ0) is 15.3. The summed E-state index contributed by atoms with van der Waals surface area (Å²) in [5.41, 5.74) is -3.93. The zero-order valence-electron chi connectivity index (χ0n) is 10.3. The highest BCUT2D eigenvalue weighted by Crippen LogP contribution is 2.34. The second-order valence-electron chi connectivity index (χ2n) is 3.44. The highest BCUT2D eigenvalue weighted by molar-refractivity contribution is 5.93. The van der Waals surface area contributed by atoms with E-state index >= 15 is 0 Å². The number of carboxylic acids is 1. The van der Waals surface area contributed by atoms with Crippen LogP contribution in [0.25, 0.3) is 0 Å². The number of ether oxygens (including phenoxy) is 2. The van der Waals surface area contributed by atoms with Crippen molar-refractivity contribution in [2.75, 3.05) is 13.2 Å². The summed E-state index contributed by atoms with van der Waals surface area (Å²) in [5, 5.41) is 18.1. The lowest BCUT2D eigenvalue weighted by Crippen LogP contribution is -2.60. The zero-order valence-corrected chi connectivity index (χ0v) is 10.3. The van der Waals surface area contributed by atoms with E-state index in [1.54, 1.807) is 0 Å². The predicted molar refractivity (Wildman–Crippen MR) is 55.4 cm³/mol. The van der Waals surface area contributed by atoms with Gasteiger partial charge in [0.1, 0.15) is 0 Å². The molecule has 0 aromatic carbocycles. The molecule has 0 aliphatic rings. The third kappa shape index (κ3) is 3.60. The fourth-order valence-electron chi connectivity index (χ4n) is 1.13. The van der Waals surface area contributed by atoms with Gasteiger partial charge in [0.25, 0.3) is 0 Å². The van der Waals surface area contributed by atoms with E-state index in [9.17, 15) is 28.3 Å². The number of aliphatic hydroxyl groups is 1. The van der Waals surface area contributed by atoms with Gasteiger partial charge in [-0.25, -0.2) is 9.59 Å². The minimum atomic E-state index is -4.79. The molecule has 0 aromatic rings. The van der Waals surface area contributed by atoms with Gasteiger partial charge in [0.05, 0.1) is 19.6 Å². The summed E-state index contributed by atoms with van der Waals surface area (Å²) in [4.78, 5) is 32.8. The Morgan fingerprint density at radius 3 is 1.95 bits per heavy atom. The molecule has 0 saturated carbocycles. The van der Waals surface area contributed by atoms with Crippen molar-refractivity contribution < 1.29 is 42.9 Å². The molecule has 0 bridgehead atoms. The van der Waals surface area contributed by atoms with Gasteiger partial charge in [-0.2, -0.15) is 8.78 Å². The first-order valence-electron chi connectivity index (χ1n) is 5.29. The third-order valence-corrected chi connectivity index (χ3v) is 2.11. The van der Waals surface area contributed by atoms with Crippen molar-refractivity contribution in [1.29, 1.82) is 0 Å².